The van der Waals surface area contributed by atoms with Crippen molar-refractivity contribution in [3.63, 3.8) is 0 Å². The van der Waals surface area contributed by atoms with Gasteiger partial charge in [-0.05, 0) is 63.4 Å². The summed E-state index contributed by atoms with van der Waals surface area (Å²) in [6.07, 6.45) is 4.17. The summed E-state index contributed by atoms with van der Waals surface area (Å²) in [5.41, 5.74) is 4.26. The molecule has 2 nitrogen and oxygen atoms in total. The van der Waals surface area contributed by atoms with Gasteiger partial charge < -0.3 is 4.90 Å². The van der Waals surface area contributed by atoms with E-state index in [9.17, 15) is 0 Å². The van der Waals surface area contributed by atoms with Crippen molar-refractivity contribution in [2.75, 3.05) is 24.5 Å². The molecule has 0 N–H and O–H groups in total. The molecule has 2 saturated heterocycles. The van der Waals surface area contributed by atoms with Crippen molar-refractivity contribution < 1.29 is 0 Å². The molecule has 0 aliphatic carbocycles. The highest BCUT2D eigenvalue weighted by Crippen LogP contribution is 2.34. The molecule has 0 radical (unpaired) electrons. The highest BCUT2D eigenvalue weighted by Gasteiger charge is 2.33. The molecule has 2 fully saturated rings. The van der Waals surface area contributed by atoms with Gasteiger partial charge in [-0.1, -0.05) is 22.4 Å². The summed E-state index contributed by atoms with van der Waals surface area (Å²) in [4.78, 5) is 5.37. The summed E-state index contributed by atoms with van der Waals surface area (Å²) >= 11 is 3.61. The quantitative estimate of drug-likeness (QED) is 0.760. The Kier molecular flexibility index (Phi) is 4.09. The lowest BCUT2D eigenvalue weighted by Gasteiger charge is -2.49. The van der Waals surface area contributed by atoms with Gasteiger partial charge in [0.15, 0.2) is 0 Å². The van der Waals surface area contributed by atoms with Crippen molar-refractivity contribution in [3.05, 3.63) is 27.7 Å². The Balaban J connectivity index is 1.90. The van der Waals surface area contributed by atoms with Crippen LogP contribution in [0.15, 0.2) is 16.6 Å². The van der Waals surface area contributed by atoms with Crippen LogP contribution in [0.25, 0.3) is 0 Å². The molecular weight excluding hydrogens is 312 g/mol. The lowest BCUT2D eigenvalue weighted by atomic mass is 9.95. The molecule has 0 saturated carbocycles. The first-order valence-electron chi connectivity index (χ1n) is 7.83. The molecule has 110 valence electrons. The summed E-state index contributed by atoms with van der Waals surface area (Å²) in [7, 11) is 0. The van der Waals surface area contributed by atoms with E-state index in [1.807, 2.05) is 0 Å². The number of hydrogen-bond donors (Lipinski definition) is 0. The van der Waals surface area contributed by atoms with Crippen molar-refractivity contribution in [3.8, 4) is 0 Å². The van der Waals surface area contributed by atoms with E-state index in [0.717, 1.165) is 6.04 Å². The largest absolute Gasteiger partial charge is 0.366 e. The van der Waals surface area contributed by atoms with Crippen molar-refractivity contribution in [2.24, 2.45) is 0 Å². The van der Waals surface area contributed by atoms with Crippen molar-refractivity contribution >= 4 is 21.6 Å². The van der Waals surface area contributed by atoms with E-state index in [1.165, 1.54) is 60.2 Å². The summed E-state index contributed by atoms with van der Waals surface area (Å²) in [6.45, 7) is 10.6. The number of aryl methyl sites for hydroxylation is 2. The molecule has 20 heavy (non-hydrogen) atoms. The van der Waals surface area contributed by atoms with Crippen LogP contribution >= 0.6 is 15.9 Å². The fourth-order valence-corrected chi connectivity index (χ4v) is 4.71. The zero-order chi connectivity index (χ0) is 14.3. The summed E-state index contributed by atoms with van der Waals surface area (Å²) in [5, 5.41) is 0. The average Bonchev–Trinajstić information content (AvgIpc) is 2.38. The molecule has 2 aliphatic rings. The predicted octanol–water partition coefficient (Wildman–Crippen LogP) is 4.13. The Morgan fingerprint density at radius 1 is 1.10 bits per heavy atom. The molecule has 2 unspecified atom stereocenters. The van der Waals surface area contributed by atoms with Gasteiger partial charge in [-0.25, -0.2) is 0 Å². The minimum atomic E-state index is 0.614. The SMILES string of the molecule is Cc1cc(Br)cc(C)c1N1CC2CCCCN2CC1C. The van der Waals surface area contributed by atoms with Gasteiger partial charge in [0, 0.05) is 35.3 Å². The van der Waals surface area contributed by atoms with Gasteiger partial charge in [-0.3, -0.25) is 4.90 Å². The first-order chi connectivity index (χ1) is 9.56. The van der Waals surface area contributed by atoms with Crippen LogP contribution in [0.3, 0.4) is 0 Å². The van der Waals surface area contributed by atoms with E-state index < -0.39 is 0 Å². The fraction of sp³-hybridized carbons (Fsp3) is 0.647. The first kappa shape index (κ1) is 14.4. The fourth-order valence-electron chi connectivity index (χ4n) is 4.02. The smallest absolute Gasteiger partial charge is 0.0429 e. The molecule has 0 amide bonds. The third-order valence-corrected chi connectivity index (χ3v) is 5.39. The van der Waals surface area contributed by atoms with Crippen molar-refractivity contribution in [1.29, 1.82) is 0 Å². The second-order valence-corrected chi connectivity index (χ2v) is 7.45. The number of fused-ring (bicyclic) bond motifs is 1. The molecule has 2 atom stereocenters. The Bertz CT molecular complexity index is 477. The van der Waals surface area contributed by atoms with Crippen LogP contribution in [0.2, 0.25) is 0 Å². The van der Waals surface area contributed by atoms with Gasteiger partial charge in [-0.2, -0.15) is 0 Å². The van der Waals surface area contributed by atoms with E-state index >= 15 is 0 Å². The third kappa shape index (κ3) is 2.62. The van der Waals surface area contributed by atoms with Gasteiger partial charge in [0.25, 0.3) is 0 Å². The zero-order valence-electron chi connectivity index (χ0n) is 12.8. The Morgan fingerprint density at radius 3 is 2.50 bits per heavy atom. The molecular formula is C17H25BrN2. The second-order valence-electron chi connectivity index (χ2n) is 6.53. The topological polar surface area (TPSA) is 6.48 Å². The summed E-state index contributed by atoms with van der Waals surface area (Å²) < 4.78 is 1.19. The molecule has 2 heterocycles. The minimum absolute atomic E-state index is 0.614. The van der Waals surface area contributed by atoms with Gasteiger partial charge in [0.1, 0.15) is 0 Å². The Morgan fingerprint density at radius 2 is 1.80 bits per heavy atom. The van der Waals surface area contributed by atoms with Crippen molar-refractivity contribution in [2.45, 2.75) is 52.1 Å². The molecule has 2 aliphatic heterocycles. The Hall–Kier alpha value is -0.540. The number of hydrogen-bond acceptors (Lipinski definition) is 2. The predicted molar refractivity (Wildman–Crippen MR) is 89.6 cm³/mol. The molecule has 1 aromatic rings. The minimum Gasteiger partial charge on any atom is -0.366 e. The maximum Gasteiger partial charge on any atom is 0.0429 e. The van der Waals surface area contributed by atoms with Crippen LogP contribution in [-0.4, -0.2) is 36.6 Å². The lowest BCUT2D eigenvalue weighted by Crippen LogP contribution is -2.59. The molecule has 0 aromatic heterocycles. The van der Waals surface area contributed by atoms with E-state index in [4.69, 9.17) is 0 Å². The molecule has 3 rings (SSSR count). The van der Waals surface area contributed by atoms with Crippen LogP contribution in [0.4, 0.5) is 5.69 Å². The van der Waals surface area contributed by atoms with Crippen LogP contribution in [0.1, 0.15) is 37.3 Å². The van der Waals surface area contributed by atoms with Gasteiger partial charge in [-0.15, -0.1) is 0 Å². The monoisotopic (exact) mass is 336 g/mol. The molecule has 0 spiro atoms. The number of halogens is 1. The van der Waals surface area contributed by atoms with Crippen LogP contribution in [-0.2, 0) is 0 Å². The molecule has 0 bridgehead atoms. The third-order valence-electron chi connectivity index (χ3n) is 4.93. The normalized spacial score (nSPS) is 27.5. The van der Waals surface area contributed by atoms with Crippen LogP contribution in [0, 0.1) is 13.8 Å². The zero-order valence-corrected chi connectivity index (χ0v) is 14.4. The molecule has 1 aromatic carbocycles. The van der Waals surface area contributed by atoms with Crippen LogP contribution in [0.5, 0.6) is 0 Å². The summed E-state index contributed by atoms with van der Waals surface area (Å²) in [5.74, 6) is 0. The number of rotatable bonds is 1. The number of benzene rings is 1. The van der Waals surface area contributed by atoms with E-state index in [1.54, 1.807) is 0 Å². The lowest BCUT2D eigenvalue weighted by molar-refractivity contribution is 0.115. The van der Waals surface area contributed by atoms with Gasteiger partial charge in [0.2, 0.25) is 0 Å². The standard InChI is InChI=1S/C17H25BrN2/c1-12-8-15(18)9-13(2)17(12)20-11-16-6-4-5-7-19(16)10-14(20)3/h8-9,14,16H,4-7,10-11H2,1-3H3. The van der Waals surface area contributed by atoms with E-state index in [0.29, 0.717) is 6.04 Å². The van der Waals surface area contributed by atoms with E-state index in [-0.39, 0.29) is 0 Å². The number of nitrogens with zero attached hydrogens (tertiary/aromatic N) is 2. The number of piperidine rings is 1. The molecule has 3 heteroatoms. The van der Waals surface area contributed by atoms with Gasteiger partial charge in [0.05, 0.1) is 0 Å². The average molecular weight is 337 g/mol. The van der Waals surface area contributed by atoms with Crippen molar-refractivity contribution in [1.82, 2.24) is 4.90 Å². The second kappa shape index (κ2) is 5.69. The highest BCUT2D eigenvalue weighted by atomic mass is 79.9. The number of piperazine rings is 1. The van der Waals surface area contributed by atoms with E-state index in [2.05, 4.69) is 58.6 Å². The maximum absolute atomic E-state index is 3.61. The van der Waals surface area contributed by atoms with Gasteiger partial charge >= 0.3 is 0 Å². The highest BCUT2D eigenvalue weighted by molar-refractivity contribution is 9.10. The number of anilines is 1. The first-order valence-corrected chi connectivity index (χ1v) is 8.63. The Labute approximate surface area is 131 Å². The van der Waals surface area contributed by atoms with Crippen LogP contribution < -0.4 is 4.90 Å². The summed E-state index contributed by atoms with van der Waals surface area (Å²) in [6, 6.07) is 5.88. The maximum atomic E-state index is 3.61.